The van der Waals surface area contributed by atoms with Crippen molar-refractivity contribution < 1.29 is 77.1 Å². The molecule has 111 heavy (non-hydrogen) atoms. The van der Waals surface area contributed by atoms with Crippen molar-refractivity contribution in [1.82, 2.24) is 52.1 Å². The van der Waals surface area contributed by atoms with E-state index in [0.29, 0.717) is 75.8 Å². The molecule has 2 aromatic heterocycles. The second kappa shape index (κ2) is 36.2. The number of aliphatic hydroxyl groups is 1. The summed E-state index contributed by atoms with van der Waals surface area (Å²) in [6, 6.07) is 22.0. The summed E-state index contributed by atoms with van der Waals surface area (Å²) in [7, 11) is 0. The van der Waals surface area contributed by atoms with Gasteiger partial charge in [0.05, 0.1) is 49.2 Å². The summed E-state index contributed by atoms with van der Waals surface area (Å²) in [5.41, 5.74) is 7.54. The van der Waals surface area contributed by atoms with Crippen molar-refractivity contribution in [1.29, 1.82) is 0 Å². The first-order valence-electron chi connectivity index (χ1n) is 36.3. The van der Waals surface area contributed by atoms with E-state index < -0.39 is 133 Å². The molecule has 4 fully saturated rings. The smallest absolute Gasteiger partial charge is 0.353 e. The maximum atomic E-state index is 13.4. The number of ether oxygens (including phenoxy) is 3. The Labute approximate surface area is 654 Å². The average molecular weight is 1590 g/mol. The first-order valence-corrected chi connectivity index (χ1v) is 37.5. The highest BCUT2D eigenvalue weighted by Crippen LogP contribution is 2.49. The maximum absolute atomic E-state index is 13.4. The average Bonchev–Trinajstić information content (AvgIpc) is 1.65. The summed E-state index contributed by atoms with van der Waals surface area (Å²) in [5.74, 6) is -6.26. The molecule has 0 unspecified atom stereocenters. The number of nitro benzene ring substituents is 2. The zero-order valence-electron chi connectivity index (χ0n) is 62.8. The molecule has 4 aromatic carbocycles. The van der Waals surface area contributed by atoms with E-state index in [0.717, 1.165) is 45.1 Å². The summed E-state index contributed by atoms with van der Waals surface area (Å²) < 4.78 is 13.7. The highest BCUT2D eigenvalue weighted by atomic mass is 35.6. The van der Waals surface area contributed by atoms with Crippen LogP contribution in [0.3, 0.4) is 0 Å². The molecule has 1 spiro atoms. The molecule has 8 atom stereocenters. The normalized spacial score (nSPS) is 20.7. The fourth-order valence-electron chi connectivity index (χ4n) is 12.6. The topological polar surface area (TPSA) is 409 Å². The van der Waals surface area contributed by atoms with Crippen molar-refractivity contribution in [3.05, 3.63) is 174 Å². The Morgan fingerprint density at radius 3 is 1.95 bits per heavy atom. The number of cyclic esters (lactones) is 1. The molecular weight excluding hydrogens is 1500 g/mol. The minimum absolute atomic E-state index is 0.192. The van der Waals surface area contributed by atoms with Crippen LogP contribution in [0.2, 0.25) is 0 Å². The molecule has 590 valence electrons. The highest BCUT2D eigenvalue weighted by Gasteiger charge is 2.50. The van der Waals surface area contributed by atoms with Gasteiger partial charge in [0, 0.05) is 36.0 Å². The molecule has 0 radical (unpaired) electrons. The molecule has 6 aromatic rings. The lowest BCUT2D eigenvalue weighted by Crippen LogP contribution is -2.61. The van der Waals surface area contributed by atoms with E-state index in [4.69, 9.17) is 49.3 Å². The van der Waals surface area contributed by atoms with Gasteiger partial charge in [0.1, 0.15) is 60.1 Å². The molecule has 2 saturated carbocycles. The van der Waals surface area contributed by atoms with Gasteiger partial charge in [-0.25, -0.2) is 25.4 Å². The van der Waals surface area contributed by atoms with Gasteiger partial charge in [-0.3, -0.25) is 73.6 Å². The second-order valence-electron chi connectivity index (χ2n) is 28.9. The Balaban J connectivity index is 0.000000199. The lowest BCUT2D eigenvalue weighted by Gasteiger charge is -2.35. The van der Waals surface area contributed by atoms with Gasteiger partial charge in [0.15, 0.2) is 0 Å². The SMILES string of the molecule is CC(C)[C@@H]1NC(=O)C2(/C=C/c3ccc4ccc(nc4c3)[C@@H](C)OC(=O)[C@@H]3CCCN(N3)C(=O)[C@H](C)NC1=O)CC2.CC(C)[C@H](NC(=O)C1(/C=C/c2ccc3ccc([C@@H](C)O)nc3c2)CC1)C(=O)N[C@@H](C)C(=O)N1CCC[C@@H](C(=O)OCC(Cl)(Cl)Cl)N1.Cc1cccc([N+](=O)[O-])c1C(=O)OC(=O)c1c(C)cccc1[N+](=O)[O-]. The third-order valence-corrected chi connectivity index (χ3v) is 19.9. The van der Waals surface area contributed by atoms with Crippen LogP contribution >= 0.6 is 34.8 Å². The molecule has 5 heterocycles. The Morgan fingerprint density at radius 2 is 1.36 bits per heavy atom. The van der Waals surface area contributed by atoms with Gasteiger partial charge >= 0.3 is 23.9 Å². The Kier molecular flexibility index (Phi) is 27.6. The summed E-state index contributed by atoms with van der Waals surface area (Å²) >= 11 is 17.0. The van der Waals surface area contributed by atoms with E-state index in [9.17, 15) is 73.3 Å². The third kappa shape index (κ3) is 21.6. The molecule has 11 rings (SSSR count). The molecule has 2 saturated heterocycles. The Bertz CT molecular complexity index is 4600. The van der Waals surface area contributed by atoms with E-state index in [-0.39, 0.29) is 51.8 Å². The van der Waals surface area contributed by atoms with Crippen LogP contribution in [0.1, 0.15) is 173 Å². The first-order chi connectivity index (χ1) is 52.4. The van der Waals surface area contributed by atoms with Crippen LogP contribution in [-0.2, 0) is 52.6 Å². The number of aromatic nitrogens is 2. The number of hydrogen-bond acceptors (Lipinski definition) is 22. The summed E-state index contributed by atoms with van der Waals surface area (Å²) in [6.45, 7) is 17.1. The van der Waals surface area contributed by atoms with Gasteiger partial charge < -0.3 is 40.6 Å². The summed E-state index contributed by atoms with van der Waals surface area (Å²) in [4.78, 5) is 160. The number of rotatable bonds is 16. The molecule has 5 bridgehead atoms. The van der Waals surface area contributed by atoms with E-state index >= 15 is 0 Å². The number of carbonyl (C=O) groups excluding carboxylic acids is 10. The van der Waals surface area contributed by atoms with Crippen molar-refractivity contribution in [2.24, 2.45) is 22.7 Å². The van der Waals surface area contributed by atoms with Gasteiger partial charge in [-0.2, -0.15) is 0 Å². The molecule has 6 amide bonds. The lowest BCUT2D eigenvalue weighted by molar-refractivity contribution is -0.385. The molecule has 7 N–H and O–H groups in total. The van der Waals surface area contributed by atoms with E-state index in [1.165, 1.54) is 48.1 Å². The number of pyridine rings is 2. The molecule has 3 aliphatic heterocycles. The number of alkyl halides is 3. The van der Waals surface area contributed by atoms with Crippen LogP contribution in [0.15, 0.2) is 109 Å². The second-order valence-corrected chi connectivity index (χ2v) is 31.5. The standard InChI is InChI=1S/C32H40Cl3N5O6.C30H37N5O5.C16H12N2O7/c1-18(2)26(27(42)36-19(3)28(43)40-15-5-6-24(39-40)29(44)46-17-32(33,34)35)38-30(45)31(13-14-31)12-11-21-7-8-22-9-10-23(20(4)41)37-25(22)16-21;1-17(2)25-26(36)31-18(3)27(37)35-15-5-6-23(34-35)28(38)40-19(4)22-10-9-21-8-7-20(16-24(21)32-22)11-12-30(13-14-30)29(39)33-25;1-9-5-3-7-11(17(21)22)13(9)15(19)25-16(20)14-10(2)6-4-8-12(14)18(23)24/h7-12,16,18-20,24,26,39,41H,5-6,13-15,17H2,1-4H3,(H,36,42)(H,38,45);7-12,16-19,23,25,34H,5-6,13-15H2,1-4H3,(H,31,36)(H,33,39);3-8H,1-2H3/b2*12-11+;/t19-,20+,24-,26-;18-,19+,23-,25-;/m00./s1. The molecule has 5 aliphatic rings. The number of benzene rings is 4. The quantitative estimate of drug-likeness (QED) is 0.0118. The van der Waals surface area contributed by atoms with Gasteiger partial charge in [0.2, 0.25) is 27.4 Å². The number of hydrazine groups is 2. The largest absolute Gasteiger partial charge is 0.460 e. The number of aliphatic hydroxyl groups excluding tert-OH is 1. The van der Waals surface area contributed by atoms with E-state index in [1.807, 2.05) is 107 Å². The lowest BCUT2D eigenvalue weighted by atomic mass is 9.99. The van der Waals surface area contributed by atoms with Gasteiger partial charge in [-0.05, 0) is 151 Å². The van der Waals surface area contributed by atoms with Crippen molar-refractivity contribution in [3.8, 4) is 0 Å². The maximum Gasteiger partial charge on any atom is 0.353 e. The van der Waals surface area contributed by atoms with Crippen LogP contribution in [0, 0.1) is 56.7 Å². The van der Waals surface area contributed by atoms with E-state index in [1.54, 1.807) is 33.8 Å². The number of esters is 4. The monoisotopic (exact) mass is 1590 g/mol. The molecule has 2 aliphatic carbocycles. The van der Waals surface area contributed by atoms with E-state index in [2.05, 4.69) is 41.8 Å². The number of nitrogens with one attached hydrogen (secondary N) is 6. The number of aryl methyl sites for hydroxylation is 2. The highest BCUT2D eigenvalue weighted by molar-refractivity contribution is 6.67. The van der Waals surface area contributed by atoms with Crippen LogP contribution in [-0.4, -0.2) is 154 Å². The van der Waals surface area contributed by atoms with Gasteiger partial charge in [-0.1, -0.05) is 147 Å². The number of amides is 6. The van der Waals surface area contributed by atoms with Crippen LogP contribution in [0.4, 0.5) is 11.4 Å². The molecular formula is C78H89Cl3N12O18. The Hall–Kier alpha value is -10.4. The number of carbonyl (C=O) groups is 10. The Morgan fingerprint density at radius 1 is 0.757 bits per heavy atom. The minimum atomic E-state index is -1.75. The number of halogens is 3. The number of fused-ring (bicyclic) bond motifs is 5. The zero-order chi connectivity index (χ0) is 81.1. The van der Waals surface area contributed by atoms with Crippen molar-refractivity contribution >= 4 is 139 Å². The first kappa shape index (κ1) is 84.6. The molecule has 30 nitrogen and oxygen atoms in total. The predicted octanol–water partition coefficient (Wildman–Crippen LogP) is 10.0. The number of hydrogen-bond donors (Lipinski definition) is 7. The third-order valence-electron chi connectivity index (χ3n) is 19.6. The van der Waals surface area contributed by atoms with Crippen LogP contribution < -0.4 is 32.1 Å². The van der Waals surface area contributed by atoms with Crippen LogP contribution in [0.5, 0.6) is 0 Å². The fourth-order valence-corrected chi connectivity index (χ4v) is 12.8. The molecule has 33 heteroatoms. The van der Waals surface area contributed by atoms with Crippen LogP contribution in [0.25, 0.3) is 34.0 Å². The summed E-state index contributed by atoms with van der Waals surface area (Å²) in [6.07, 6.45) is 11.0. The van der Waals surface area contributed by atoms with Crippen molar-refractivity contribution in [2.45, 2.75) is 173 Å². The van der Waals surface area contributed by atoms with Gasteiger partial charge in [0.25, 0.3) is 23.2 Å². The number of nitrogens with zero attached hydrogens (tertiary/aromatic N) is 6. The van der Waals surface area contributed by atoms with Crippen molar-refractivity contribution in [2.75, 3.05) is 19.7 Å². The predicted molar refractivity (Wildman–Crippen MR) is 411 cm³/mol. The summed E-state index contributed by atoms with van der Waals surface area (Å²) in [5, 5.41) is 47.8. The van der Waals surface area contributed by atoms with Crippen molar-refractivity contribution in [3.63, 3.8) is 0 Å². The number of nitro groups is 2. The minimum Gasteiger partial charge on any atom is -0.460 e. The fraction of sp³-hybridized carbons (Fsp3) is 0.436. The zero-order valence-corrected chi connectivity index (χ0v) is 65.1. The van der Waals surface area contributed by atoms with Gasteiger partial charge in [-0.15, -0.1) is 0 Å².